The van der Waals surface area contributed by atoms with E-state index in [1.165, 1.54) is 0 Å². The van der Waals surface area contributed by atoms with Crippen LogP contribution >= 0.6 is 0 Å². The second-order valence-electron chi connectivity index (χ2n) is 6.38. The van der Waals surface area contributed by atoms with Gasteiger partial charge in [0.25, 0.3) is 5.91 Å². The molecule has 0 unspecified atom stereocenters. The third-order valence-electron chi connectivity index (χ3n) is 4.42. The van der Waals surface area contributed by atoms with Gasteiger partial charge in [-0.1, -0.05) is 17.3 Å². The number of nitrogens with one attached hydrogen (secondary N) is 1. The Morgan fingerprint density at radius 2 is 1.97 bits per heavy atom. The van der Waals surface area contributed by atoms with Crippen LogP contribution in [0.15, 0.2) is 60.7 Å². The van der Waals surface area contributed by atoms with Crippen molar-refractivity contribution >= 4 is 22.6 Å². The molecule has 29 heavy (non-hydrogen) atoms. The van der Waals surface area contributed by atoms with Gasteiger partial charge >= 0.3 is 0 Å². The molecule has 0 bridgehead atoms. The average molecular weight is 394 g/mol. The maximum atomic E-state index is 13.7. The van der Waals surface area contributed by atoms with E-state index in [2.05, 4.69) is 15.6 Å². The van der Waals surface area contributed by atoms with Gasteiger partial charge in [-0.05, 0) is 48.0 Å². The van der Waals surface area contributed by atoms with Crippen LogP contribution in [-0.2, 0) is 6.54 Å². The summed E-state index contributed by atoms with van der Waals surface area (Å²) in [5.74, 6) is -1.18. The molecule has 4 aromatic rings. The number of nitrogens with zero attached hydrogens (tertiary/aromatic N) is 3. The molecule has 4 rings (SSSR count). The molecular formula is C21H16F2N4O2. The minimum atomic E-state index is -0.718. The van der Waals surface area contributed by atoms with Crippen molar-refractivity contribution in [2.75, 3.05) is 12.4 Å². The van der Waals surface area contributed by atoms with Gasteiger partial charge in [-0.3, -0.25) is 4.79 Å². The van der Waals surface area contributed by atoms with Gasteiger partial charge in [0.1, 0.15) is 22.9 Å². The van der Waals surface area contributed by atoms with Crippen LogP contribution in [0.3, 0.4) is 0 Å². The summed E-state index contributed by atoms with van der Waals surface area (Å²) in [7, 11) is 1.60. The van der Waals surface area contributed by atoms with Crippen molar-refractivity contribution in [2.45, 2.75) is 6.54 Å². The van der Waals surface area contributed by atoms with E-state index in [0.29, 0.717) is 12.1 Å². The largest absolute Gasteiger partial charge is 0.497 e. The van der Waals surface area contributed by atoms with Crippen LogP contribution in [0.25, 0.3) is 11.0 Å². The number of amides is 1. The topological polar surface area (TPSA) is 69.0 Å². The van der Waals surface area contributed by atoms with Crippen LogP contribution in [0.2, 0.25) is 0 Å². The number of aromatic nitrogens is 3. The van der Waals surface area contributed by atoms with E-state index < -0.39 is 17.5 Å². The van der Waals surface area contributed by atoms with Gasteiger partial charge in [0.15, 0.2) is 0 Å². The molecule has 0 fully saturated rings. The minimum absolute atomic E-state index is 0.225. The quantitative estimate of drug-likeness (QED) is 0.555. The number of hydrogen-bond acceptors (Lipinski definition) is 4. The normalized spacial score (nSPS) is 10.9. The van der Waals surface area contributed by atoms with Gasteiger partial charge < -0.3 is 10.1 Å². The van der Waals surface area contributed by atoms with Crippen LogP contribution in [-0.4, -0.2) is 28.0 Å². The number of rotatable bonds is 5. The molecule has 3 aromatic carbocycles. The third-order valence-corrected chi connectivity index (χ3v) is 4.42. The van der Waals surface area contributed by atoms with Gasteiger partial charge in [0.05, 0.1) is 24.9 Å². The number of carbonyl (C=O) groups excluding carboxylic acids is 1. The van der Waals surface area contributed by atoms with Crippen molar-refractivity contribution in [3.05, 3.63) is 83.4 Å². The molecule has 0 saturated carbocycles. The fourth-order valence-electron chi connectivity index (χ4n) is 2.96. The standard InChI is InChI=1S/C21H16F2N4O2/c1-29-16-4-2-3-13(9-16)12-27-20-8-5-14(10-19(20)25-26-27)21(28)24-18-11-15(22)6-7-17(18)23/h2-11H,12H2,1H3,(H,24,28). The lowest BCUT2D eigenvalue weighted by atomic mass is 10.1. The number of carbonyl (C=O) groups is 1. The highest BCUT2D eigenvalue weighted by Crippen LogP contribution is 2.20. The minimum Gasteiger partial charge on any atom is -0.497 e. The van der Waals surface area contributed by atoms with Crippen molar-refractivity contribution in [1.82, 2.24) is 15.0 Å². The lowest BCUT2D eigenvalue weighted by Gasteiger charge is -2.07. The maximum absolute atomic E-state index is 13.7. The van der Waals surface area contributed by atoms with E-state index in [0.717, 1.165) is 35.0 Å². The monoisotopic (exact) mass is 394 g/mol. The zero-order chi connectivity index (χ0) is 20.4. The van der Waals surface area contributed by atoms with Gasteiger partial charge in [0, 0.05) is 11.6 Å². The molecule has 0 atom stereocenters. The number of anilines is 1. The Bertz CT molecular complexity index is 1210. The molecule has 0 aliphatic rings. The van der Waals surface area contributed by atoms with Crippen LogP contribution in [0, 0.1) is 11.6 Å². The molecule has 146 valence electrons. The Balaban J connectivity index is 1.57. The molecular weight excluding hydrogens is 378 g/mol. The first-order chi connectivity index (χ1) is 14.0. The smallest absolute Gasteiger partial charge is 0.255 e. The van der Waals surface area contributed by atoms with E-state index in [9.17, 15) is 13.6 Å². The van der Waals surface area contributed by atoms with E-state index in [4.69, 9.17) is 4.74 Å². The summed E-state index contributed by atoms with van der Waals surface area (Å²) in [6.45, 7) is 0.480. The second kappa shape index (κ2) is 7.67. The molecule has 1 heterocycles. The first-order valence-corrected chi connectivity index (χ1v) is 8.76. The predicted molar refractivity (Wildman–Crippen MR) is 104 cm³/mol. The Morgan fingerprint density at radius 1 is 1.10 bits per heavy atom. The molecule has 0 radical (unpaired) electrons. The van der Waals surface area contributed by atoms with Crippen molar-refractivity contribution in [2.24, 2.45) is 0 Å². The Kier molecular flexibility index (Phi) is 4.90. The van der Waals surface area contributed by atoms with Gasteiger partial charge in [-0.2, -0.15) is 0 Å². The number of methoxy groups -OCH3 is 1. The summed E-state index contributed by atoms with van der Waals surface area (Å²) >= 11 is 0. The van der Waals surface area contributed by atoms with Crippen molar-refractivity contribution in [3.8, 4) is 5.75 Å². The number of benzene rings is 3. The van der Waals surface area contributed by atoms with Crippen LogP contribution in [0.4, 0.5) is 14.5 Å². The highest BCUT2D eigenvalue weighted by Gasteiger charge is 2.13. The lowest BCUT2D eigenvalue weighted by molar-refractivity contribution is 0.102. The first-order valence-electron chi connectivity index (χ1n) is 8.76. The summed E-state index contributed by atoms with van der Waals surface area (Å²) in [5, 5.41) is 10.6. The van der Waals surface area contributed by atoms with Crippen LogP contribution in [0.5, 0.6) is 5.75 Å². The van der Waals surface area contributed by atoms with Gasteiger partial charge in [-0.25, -0.2) is 13.5 Å². The van der Waals surface area contributed by atoms with Crippen LogP contribution < -0.4 is 10.1 Å². The van der Waals surface area contributed by atoms with Crippen molar-refractivity contribution in [1.29, 1.82) is 0 Å². The molecule has 0 aliphatic heterocycles. The molecule has 8 heteroatoms. The summed E-state index contributed by atoms with van der Waals surface area (Å²) in [6.07, 6.45) is 0. The Labute approximate surface area is 164 Å². The Morgan fingerprint density at radius 3 is 2.79 bits per heavy atom. The molecule has 0 aliphatic carbocycles. The summed E-state index contributed by atoms with van der Waals surface area (Å²) < 4.78 is 34.0. The number of hydrogen-bond donors (Lipinski definition) is 1. The fourth-order valence-corrected chi connectivity index (χ4v) is 2.96. The second-order valence-corrected chi connectivity index (χ2v) is 6.38. The molecule has 1 aromatic heterocycles. The Hall–Kier alpha value is -3.81. The number of fused-ring (bicyclic) bond motifs is 1. The van der Waals surface area contributed by atoms with Crippen molar-refractivity contribution < 1.29 is 18.3 Å². The zero-order valence-corrected chi connectivity index (χ0v) is 15.4. The number of ether oxygens (including phenoxy) is 1. The summed E-state index contributed by atoms with van der Waals surface area (Å²) in [5.41, 5.74) is 2.27. The molecule has 1 N–H and O–H groups in total. The highest BCUT2D eigenvalue weighted by atomic mass is 19.1. The SMILES string of the molecule is COc1cccc(Cn2nnc3cc(C(=O)Nc4cc(F)ccc4F)ccc32)c1. The maximum Gasteiger partial charge on any atom is 0.255 e. The van der Waals surface area contributed by atoms with Crippen LogP contribution in [0.1, 0.15) is 15.9 Å². The van der Waals surface area contributed by atoms with E-state index in [1.807, 2.05) is 24.3 Å². The van der Waals surface area contributed by atoms with Crippen molar-refractivity contribution in [3.63, 3.8) is 0 Å². The molecule has 0 saturated heterocycles. The highest BCUT2D eigenvalue weighted by molar-refractivity contribution is 6.05. The number of halogens is 2. The average Bonchev–Trinajstić information content (AvgIpc) is 3.13. The van der Waals surface area contributed by atoms with E-state index in [1.54, 1.807) is 30.0 Å². The van der Waals surface area contributed by atoms with Gasteiger partial charge in [0.2, 0.25) is 0 Å². The first kappa shape index (κ1) is 18.5. The fraction of sp³-hybridized carbons (Fsp3) is 0.0952. The molecule has 6 nitrogen and oxygen atoms in total. The summed E-state index contributed by atoms with van der Waals surface area (Å²) in [6, 6.07) is 15.3. The van der Waals surface area contributed by atoms with E-state index >= 15 is 0 Å². The van der Waals surface area contributed by atoms with Gasteiger partial charge in [-0.15, -0.1) is 5.10 Å². The third kappa shape index (κ3) is 3.91. The lowest BCUT2D eigenvalue weighted by Crippen LogP contribution is -2.13. The predicted octanol–water partition coefficient (Wildman–Crippen LogP) is 4.02. The zero-order valence-electron chi connectivity index (χ0n) is 15.4. The molecule has 1 amide bonds. The summed E-state index contributed by atoms with van der Waals surface area (Å²) in [4.78, 5) is 12.4. The molecule has 0 spiro atoms. The van der Waals surface area contributed by atoms with E-state index in [-0.39, 0.29) is 11.3 Å².